The van der Waals surface area contributed by atoms with E-state index in [0.29, 0.717) is 4.90 Å². The highest BCUT2D eigenvalue weighted by atomic mass is 16.6. The number of aliphatic hydroxyl groups is 1. The molecule has 0 heterocycles. The summed E-state index contributed by atoms with van der Waals surface area (Å²) in [5, 5.41) is 9.43. The molecule has 0 saturated carbocycles. The van der Waals surface area contributed by atoms with Gasteiger partial charge in [-0.1, -0.05) is 30.3 Å². The highest BCUT2D eigenvalue weighted by Crippen LogP contribution is 2.19. The summed E-state index contributed by atoms with van der Waals surface area (Å²) >= 11 is 0. The first kappa shape index (κ1) is 29.4. The van der Waals surface area contributed by atoms with Gasteiger partial charge in [-0.15, -0.1) is 0 Å². The van der Waals surface area contributed by atoms with Gasteiger partial charge in [-0.3, -0.25) is 0 Å². The van der Waals surface area contributed by atoms with Crippen LogP contribution in [0.15, 0.2) is 30.3 Å². The van der Waals surface area contributed by atoms with E-state index in [9.17, 15) is 19.5 Å². The minimum Gasteiger partial charge on any atom is -0.458 e. The Morgan fingerprint density at radius 2 is 1.41 bits per heavy atom. The molecule has 1 unspecified atom stereocenters. The summed E-state index contributed by atoms with van der Waals surface area (Å²) in [5.74, 6) is -0.838. The van der Waals surface area contributed by atoms with Gasteiger partial charge in [0.1, 0.15) is 23.3 Å². The summed E-state index contributed by atoms with van der Waals surface area (Å²) in [7, 11) is 0. The highest BCUT2D eigenvalue weighted by molar-refractivity contribution is 5.94. The molecule has 1 rings (SSSR count). The van der Waals surface area contributed by atoms with Crippen LogP contribution in [0.1, 0.15) is 67.4 Å². The fourth-order valence-corrected chi connectivity index (χ4v) is 2.83. The molecule has 3 atom stereocenters. The molecule has 0 fully saturated rings. The smallest absolute Gasteiger partial charge is 0.420 e. The summed E-state index contributed by atoms with van der Waals surface area (Å²) < 4.78 is 22.0. The van der Waals surface area contributed by atoms with Crippen molar-refractivity contribution in [2.24, 2.45) is 0 Å². The van der Waals surface area contributed by atoms with Gasteiger partial charge in [0, 0.05) is 13.0 Å². The minimum atomic E-state index is -1.32. The number of carbonyl (C=O) groups is 3. The zero-order valence-corrected chi connectivity index (χ0v) is 21.5. The minimum absolute atomic E-state index is 0.168. The molecular formula is C25H39NO8. The third-order valence-electron chi connectivity index (χ3n) is 4.45. The lowest BCUT2D eigenvalue weighted by atomic mass is 10.1. The van der Waals surface area contributed by atoms with Crippen LogP contribution in [0.2, 0.25) is 0 Å². The Morgan fingerprint density at radius 3 is 1.85 bits per heavy atom. The largest absolute Gasteiger partial charge is 0.458 e. The van der Waals surface area contributed by atoms with E-state index in [1.165, 1.54) is 6.92 Å². The number of rotatable bonds is 9. The second-order valence-electron chi connectivity index (χ2n) is 10.00. The Balaban J connectivity index is 2.96. The van der Waals surface area contributed by atoms with Gasteiger partial charge in [0.15, 0.2) is 0 Å². The maximum atomic E-state index is 12.9. The van der Waals surface area contributed by atoms with Gasteiger partial charge in [-0.05, 0) is 61.0 Å². The molecule has 0 aliphatic carbocycles. The van der Waals surface area contributed by atoms with Crippen molar-refractivity contribution in [3.8, 4) is 0 Å². The van der Waals surface area contributed by atoms with Crippen LogP contribution in [-0.2, 0) is 30.3 Å². The van der Waals surface area contributed by atoms with Crippen LogP contribution in [0, 0.1) is 0 Å². The van der Waals surface area contributed by atoms with E-state index in [-0.39, 0.29) is 19.6 Å². The van der Waals surface area contributed by atoms with Gasteiger partial charge in [-0.25, -0.2) is 14.4 Å². The van der Waals surface area contributed by atoms with Crippen LogP contribution in [0.5, 0.6) is 0 Å². The van der Waals surface area contributed by atoms with Crippen LogP contribution in [-0.4, -0.2) is 64.2 Å². The Kier molecular flexibility index (Phi) is 11.0. The quantitative estimate of drug-likeness (QED) is 0.407. The van der Waals surface area contributed by atoms with Crippen molar-refractivity contribution in [2.45, 2.75) is 97.9 Å². The van der Waals surface area contributed by atoms with E-state index in [4.69, 9.17) is 18.9 Å². The van der Waals surface area contributed by atoms with Gasteiger partial charge in [-0.2, -0.15) is 4.90 Å². The lowest BCUT2D eigenvalue weighted by Gasteiger charge is -2.32. The molecule has 0 aliphatic rings. The van der Waals surface area contributed by atoms with E-state index in [1.807, 2.05) is 30.3 Å². The van der Waals surface area contributed by atoms with E-state index in [1.54, 1.807) is 48.5 Å². The van der Waals surface area contributed by atoms with E-state index in [0.717, 1.165) is 5.56 Å². The second-order valence-corrected chi connectivity index (χ2v) is 10.00. The van der Waals surface area contributed by atoms with Crippen molar-refractivity contribution in [1.29, 1.82) is 0 Å². The highest BCUT2D eigenvalue weighted by Gasteiger charge is 2.39. The molecule has 1 aromatic carbocycles. The topological polar surface area (TPSA) is 112 Å². The molecule has 1 aromatic rings. The Morgan fingerprint density at radius 1 is 0.912 bits per heavy atom. The number of hydrogen-bond donors (Lipinski definition) is 1. The van der Waals surface area contributed by atoms with Crippen molar-refractivity contribution in [3.05, 3.63) is 35.9 Å². The van der Waals surface area contributed by atoms with Crippen LogP contribution in [0.4, 0.5) is 9.59 Å². The lowest BCUT2D eigenvalue weighted by molar-refractivity contribution is -0.162. The third-order valence-corrected chi connectivity index (χ3v) is 4.45. The van der Waals surface area contributed by atoms with Crippen molar-refractivity contribution in [1.82, 2.24) is 4.90 Å². The normalized spacial score (nSPS) is 14.5. The van der Waals surface area contributed by atoms with Crippen molar-refractivity contribution in [2.75, 3.05) is 6.61 Å². The number of imide groups is 1. The van der Waals surface area contributed by atoms with Gasteiger partial charge in [0.05, 0.1) is 12.7 Å². The average Bonchev–Trinajstić information content (AvgIpc) is 2.69. The molecule has 9 heteroatoms. The van der Waals surface area contributed by atoms with Gasteiger partial charge >= 0.3 is 18.2 Å². The standard InChI is InChI=1S/C25H39NO8/c1-17(26(22(29)33-24(3,4)5)23(30)34-25(6,7)8)21(28)32-18(2)20(14-15-27)31-16-19-12-10-9-11-13-19/h9-13,17-18,20,27H,14-16H2,1-8H3/t17-,18-,20?/m0/s1. The Labute approximate surface area is 202 Å². The van der Waals surface area contributed by atoms with Crippen LogP contribution in [0.3, 0.4) is 0 Å². The summed E-state index contributed by atoms with van der Waals surface area (Å²) in [5.41, 5.74) is -0.865. The van der Waals surface area contributed by atoms with E-state index >= 15 is 0 Å². The van der Waals surface area contributed by atoms with Gasteiger partial charge in [0.25, 0.3) is 0 Å². The molecule has 34 heavy (non-hydrogen) atoms. The maximum Gasteiger partial charge on any atom is 0.420 e. The molecule has 2 amide bonds. The number of aliphatic hydroxyl groups excluding tert-OH is 1. The first-order chi connectivity index (χ1) is 15.6. The molecule has 0 aromatic heterocycles. The van der Waals surface area contributed by atoms with Crippen molar-refractivity contribution < 1.29 is 38.4 Å². The number of nitrogens with zero attached hydrogens (tertiary/aromatic N) is 1. The monoisotopic (exact) mass is 481 g/mol. The number of esters is 1. The SMILES string of the molecule is C[C@H](OC(=O)[C@H](C)N(C(=O)OC(C)(C)C)C(=O)OC(C)(C)C)C(CCO)OCc1ccccc1. The fraction of sp³-hybridized carbons (Fsp3) is 0.640. The van der Waals surface area contributed by atoms with Crippen LogP contribution >= 0.6 is 0 Å². The van der Waals surface area contributed by atoms with Crippen molar-refractivity contribution in [3.63, 3.8) is 0 Å². The molecule has 0 bridgehead atoms. The first-order valence-electron chi connectivity index (χ1n) is 11.4. The molecule has 0 saturated heterocycles. The molecule has 192 valence electrons. The fourth-order valence-electron chi connectivity index (χ4n) is 2.83. The predicted molar refractivity (Wildman–Crippen MR) is 126 cm³/mol. The summed E-state index contributed by atoms with van der Waals surface area (Å²) in [6.45, 7) is 13.0. The van der Waals surface area contributed by atoms with Crippen LogP contribution < -0.4 is 0 Å². The zero-order chi connectivity index (χ0) is 26.1. The molecule has 0 radical (unpaired) electrons. The average molecular weight is 482 g/mol. The Bertz CT molecular complexity index is 769. The number of hydrogen-bond acceptors (Lipinski definition) is 8. The molecule has 0 aliphatic heterocycles. The van der Waals surface area contributed by atoms with Crippen LogP contribution in [0.25, 0.3) is 0 Å². The summed E-state index contributed by atoms with van der Waals surface area (Å²) in [6.07, 6.45) is -3.17. The Hall–Kier alpha value is -2.65. The van der Waals surface area contributed by atoms with Gasteiger partial charge in [0.2, 0.25) is 0 Å². The number of amides is 2. The summed E-state index contributed by atoms with van der Waals surface area (Å²) in [6, 6.07) is 8.13. The number of carbonyl (C=O) groups excluding carboxylic acids is 3. The summed E-state index contributed by atoms with van der Waals surface area (Å²) in [4.78, 5) is 39.0. The molecule has 0 spiro atoms. The van der Waals surface area contributed by atoms with E-state index < -0.39 is 47.6 Å². The molecule has 9 nitrogen and oxygen atoms in total. The van der Waals surface area contributed by atoms with Crippen molar-refractivity contribution >= 4 is 18.2 Å². The predicted octanol–water partition coefficient (Wildman–Crippen LogP) is 4.45. The maximum absolute atomic E-state index is 12.9. The number of benzene rings is 1. The van der Waals surface area contributed by atoms with Gasteiger partial charge < -0.3 is 24.1 Å². The third kappa shape index (κ3) is 10.5. The lowest BCUT2D eigenvalue weighted by Crippen LogP contribution is -2.52. The second kappa shape index (κ2) is 12.7. The van der Waals surface area contributed by atoms with E-state index in [2.05, 4.69) is 0 Å². The molecule has 1 N–H and O–H groups in total. The first-order valence-corrected chi connectivity index (χ1v) is 11.4. The zero-order valence-electron chi connectivity index (χ0n) is 21.5. The molecular weight excluding hydrogens is 442 g/mol. The number of ether oxygens (including phenoxy) is 4.